The van der Waals surface area contributed by atoms with Crippen molar-refractivity contribution in [2.45, 2.75) is 30.3 Å². The van der Waals surface area contributed by atoms with Crippen molar-refractivity contribution in [3.63, 3.8) is 0 Å². The Bertz CT molecular complexity index is 440. The predicted octanol–water partition coefficient (Wildman–Crippen LogP) is 1.95. The molecule has 1 heterocycles. The number of alkyl halides is 1. The van der Waals surface area contributed by atoms with E-state index in [9.17, 15) is 4.79 Å². The number of H-pyrrole nitrogens is 1. The summed E-state index contributed by atoms with van der Waals surface area (Å²) >= 11 is 6.94. The third-order valence-electron chi connectivity index (χ3n) is 1.79. The molecule has 0 fully saturated rings. The Morgan fingerprint density at radius 1 is 1.75 bits per heavy atom. The minimum Gasteiger partial charge on any atom is -0.301 e. The Labute approximate surface area is 103 Å². The molecule has 0 saturated carbocycles. The molecule has 0 aromatic carbocycles. The molecule has 0 saturated heterocycles. The van der Waals surface area contributed by atoms with Crippen molar-refractivity contribution >= 4 is 23.4 Å². The van der Waals surface area contributed by atoms with E-state index in [-0.39, 0.29) is 5.56 Å². The Morgan fingerprint density at radius 2 is 2.50 bits per heavy atom. The van der Waals surface area contributed by atoms with Gasteiger partial charge in [-0.25, -0.2) is 4.98 Å². The fraction of sp³-hybridized carbons (Fsp3) is 0.500. The normalized spacial score (nSPS) is 12.1. The lowest BCUT2D eigenvalue weighted by molar-refractivity contribution is 0.816. The summed E-state index contributed by atoms with van der Waals surface area (Å²) in [7, 11) is 0. The quantitative estimate of drug-likeness (QED) is 0.497. The summed E-state index contributed by atoms with van der Waals surface area (Å²) in [5, 5.41) is 8.48. The monoisotopic (exact) mass is 257 g/mol. The van der Waals surface area contributed by atoms with E-state index < -0.39 is 5.38 Å². The van der Waals surface area contributed by atoms with Crippen molar-refractivity contribution in [1.82, 2.24) is 9.97 Å². The van der Waals surface area contributed by atoms with E-state index in [0.29, 0.717) is 10.9 Å². The highest BCUT2D eigenvalue weighted by Gasteiger charge is 2.06. The summed E-state index contributed by atoms with van der Waals surface area (Å²) in [6, 6.07) is 3.41. The van der Waals surface area contributed by atoms with E-state index >= 15 is 0 Å². The van der Waals surface area contributed by atoms with Crippen molar-refractivity contribution in [1.29, 1.82) is 5.26 Å². The van der Waals surface area contributed by atoms with E-state index in [4.69, 9.17) is 16.9 Å². The first-order valence-electron chi connectivity index (χ1n) is 4.92. The molecule has 6 heteroatoms. The number of hydrogen-bond donors (Lipinski definition) is 1. The molecule has 1 aromatic rings. The van der Waals surface area contributed by atoms with Crippen LogP contribution < -0.4 is 5.56 Å². The molecule has 0 bridgehead atoms. The molecule has 4 nitrogen and oxygen atoms in total. The highest BCUT2D eigenvalue weighted by atomic mass is 35.5. The van der Waals surface area contributed by atoms with E-state index in [1.54, 1.807) is 0 Å². The second-order valence-electron chi connectivity index (χ2n) is 3.20. The Kier molecular flexibility index (Phi) is 5.36. The van der Waals surface area contributed by atoms with E-state index in [1.807, 2.05) is 13.0 Å². The first-order chi connectivity index (χ1) is 7.65. The zero-order valence-electron chi connectivity index (χ0n) is 8.86. The van der Waals surface area contributed by atoms with Gasteiger partial charge in [0.1, 0.15) is 5.38 Å². The van der Waals surface area contributed by atoms with Gasteiger partial charge in [-0.05, 0) is 6.42 Å². The van der Waals surface area contributed by atoms with E-state index in [0.717, 1.165) is 18.5 Å². The van der Waals surface area contributed by atoms with Gasteiger partial charge in [-0.1, -0.05) is 25.1 Å². The van der Waals surface area contributed by atoms with Crippen LogP contribution in [0, 0.1) is 11.3 Å². The average Bonchev–Trinajstić information content (AvgIpc) is 2.25. The molecule has 1 rings (SSSR count). The Balaban J connectivity index is 2.73. The molecule has 0 aliphatic rings. The van der Waals surface area contributed by atoms with Gasteiger partial charge in [-0.3, -0.25) is 4.79 Å². The molecular weight excluding hydrogens is 246 g/mol. The number of nitriles is 1. The van der Waals surface area contributed by atoms with Gasteiger partial charge < -0.3 is 4.98 Å². The molecular formula is C10H12ClN3OS. The number of aromatic amines is 1. The first kappa shape index (κ1) is 13.1. The fourth-order valence-corrected chi connectivity index (χ4v) is 2.05. The van der Waals surface area contributed by atoms with Gasteiger partial charge in [0.2, 0.25) is 0 Å². The number of thioether (sulfide) groups is 1. The van der Waals surface area contributed by atoms with Crippen LogP contribution in [0.2, 0.25) is 0 Å². The van der Waals surface area contributed by atoms with Crippen LogP contribution in [0.4, 0.5) is 0 Å². The highest BCUT2D eigenvalue weighted by Crippen LogP contribution is 2.15. The van der Waals surface area contributed by atoms with Crippen LogP contribution >= 0.6 is 23.4 Å². The Morgan fingerprint density at radius 3 is 3.12 bits per heavy atom. The van der Waals surface area contributed by atoms with Crippen molar-refractivity contribution in [2.75, 3.05) is 5.75 Å². The van der Waals surface area contributed by atoms with Crippen LogP contribution in [0.25, 0.3) is 0 Å². The number of aryl methyl sites for hydroxylation is 1. The van der Waals surface area contributed by atoms with E-state index in [2.05, 4.69) is 9.97 Å². The maximum atomic E-state index is 11.3. The predicted molar refractivity (Wildman–Crippen MR) is 64.8 cm³/mol. The lowest BCUT2D eigenvalue weighted by atomic mass is 10.2. The van der Waals surface area contributed by atoms with Crippen LogP contribution in [0.3, 0.4) is 0 Å². The van der Waals surface area contributed by atoms with Gasteiger partial charge in [-0.2, -0.15) is 5.26 Å². The molecule has 1 aromatic heterocycles. The zero-order chi connectivity index (χ0) is 12.0. The van der Waals surface area contributed by atoms with Crippen LogP contribution in [-0.2, 0) is 6.42 Å². The summed E-state index contributed by atoms with van der Waals surface area (Å²) in [6.45, 7) is 2.03. The van der Waals surface area contributed by atoms with Gasteiger partial charge in [0, 0.05) is 17.5 Å². The first-order valence-corrected chi connectivity index (χ1v) is 6.34. The molecule has 1 unspecified atom stereocenters. The molecule has 0 aliphatic heterocycles. The maximum Gasteiger partial charge on any atom is 0.251 e. The van der Waals surface area contributed by atoms with Gasteiger partial charge >= 0.3 is 0 Å². The van der Waals surface area contributed by atoms with Crippen LogP contribution in [0.5, 0.6) is 0 Å². The maximum absolute atomic E-state index is 11.3. The average molecular weight is 258 g/mol. The van der Waals surface area contributed by atoms with Gasteiger partial charge in [0.15, 0.2) is 5.16 Å². The van der Waals surface area contributed by atoms with E-state index in [1.165, 1.54) is 17.8 Å². The van der Waals surface area contributed by atoms with Gasteiger partial charge in [-0.15, -0.1) is 11.6 Å². The minimum absolute atomic E-state index is 0.163. The number of nitrogens with zero attached hydrogens (tertiary/aromatic N) is 2. The molecule has 0 radical (unpaired) electrons. The van der Waals surface area contributed by atoms with Crippen molar-refractivity contribution < 1.29 is 0 Å². The summed E-state index contributed by atoms with van der Waals surface area (Å²) < 4.78 is 0. The number of rotatable bonds is 5. The molecule has 86 valence electrons. The summed E-state index contributed by atoms with van der Waals surface area (Å²) in [5.41, 5.74) is 0.612. The summed E-state index contributed by atoms with van der Waals surface area (Å²) in [5.74, 6) is 0.413. The highest BCUT2D eigenvalue weighted by molar-refractivity contribution is 7.99. The number of halogens is 1. The molecule has 0 aliphatic carbocycles. The fourth-order valence-electron chi connectivity index (χ4n) is 1.13. The second kappa shape index (κ2) is 6.56. The molecule has 0 spiro atoms. The number of hydrogen-bond acceptors (Lipinski definition) is 4. The lowest BCUT2D eigenvalue weighted by Crippen LogP contribution is -2.11. The number of aromatic nitrogens is 2. The van der Waals surface area contributed by atoms with Gasteiger partial charge in [0.25, 0.3) is 5.56 Å². The topological polar surface area (TPSA) is 69.5 Å². The van der Waals surface area contributed by atoms with Crippen LogP contribution in [0.1, 0.15) is 19.0 Å². The third kappa shape index (κ3) is 4.25. The smallest absolute Gasteiger partial charge is 0.251 e. The lowest BCUT2D eigenvalue weighted by Gasteiger charge is -2.03. The molecule has 1 N–H and O–H groups in total. The molecule has 0 amide bonds. The van der Waals surface area contributed by atoms with Crippen LogP contribution in [0.15, 0.2) is 16.0 Å². The van der Waals surface area contributed by atoms with Gasteiger partial charge in [0.05, 0.1) is 6.07 Å². The minimum atomic E-state index is -0.565. The standard InChI is InChI=1S/C10H12ClN3OS/c1-2-3-8-4-9(15)14-10(13-8)16-6-7(11)5-12/h4,7H,2-3,6H2,1H3,(H,13,14,15). The third-order valence-corrected chi connectivity index (χ3v) is 3.19. The Hall–Kier alpha value is -0.990. The van der Waals surface area contributed by atoms with Crippen molar-refractivity contribution in [3.05, 3.63) is 22.1 Å². The van der Waals surface area contributed by atoms with Crippen molar-refractivity contribution in [3.8, 4) is 6.07 Å². The SMILES string of the molecule is CCCc1cc(=O)[nH]c(SCC(Cl)C#N)n1. The largest absolute Gasteiger partial charge is 0.301 e. The molecule has 1 atom stereocenters. The number of nitrogens with one attached hydrogen (secondary N) is 1. The summed E-state index contributed by atoms with van der Waals surface area (Å²) in [6.07, 6.45) is 1.72. The zero-order valence-corrected chi connectivity index (χ0v) is 10.4. The molecule has 16 heavy (non-hydrogen) atoms. The second-order valence-corrected chi connectivity index (χ2v) is 4.74. The summed E-state index contributed by atoms with van der Waals surface area (Å²) in [4.78, 5) is 18.2. The van der Waals surface area contributed by atoms with Crippen molar-refractivity contribution in [2.24, 2.45) is 0 Å². The van der Waals surface area contributed by atoms with Crippen LogP contribution in [-0.4, -0.2) is 21.1 Å².